The highest BCUT2D eigenvalue weighted by Gasteiger charge is 2.34. The van der Waals surface area contributed by atoms with E-state index in [4.69, 9.17) is 0 Å². The first-order valence-corrected chi connectivity index (χ1v) is 8.50. The standard InChI is InChI=1S/C18H26N4O/c1-3-18(14-23)9-11-21(12-10-18)15(2)17-13-22(20-19-17)16-7-5-4-6-8-16/h4-8,13,15,23H,3,9-12,14H2,1-2H3. The fraction of sp³-hybridized carbons (Fsp3) is 0.556. The maximum absolute atomic E-state index is 9.67. The molecule has 5 nitrogen and oxygen atoms in total. The number of rotatable bonds is 5. The highest BCUT2D eigenvalue weighted by molar-refractivity contribution is 5.30. The first kappa shape index (κ1) is 16.1. The number of hydrogen-bond donors (Lipinski definition) is 1. The summed E-state index contributed by atoms with van der Waals surface area (Å²) >= 11 is 0. The van der Waals surface area contributed by atoms with E-state index in [9.17, 15) is 5.11 Å². The summed E-state index contributed by atoms with van der Waals surface area (Å²) in [4.78, 5) is 2.45. The van der Waals surface area contributed by atoms with E-state index in [0.717, 1.165) is 43.7 Å². The Morgan fingerprint density at radius 2 is 1.91 bits per heavy atom. The average Bonchev–Trinajstić information content (AvgIpc) is 3.12. The van der Waals surface area contributed by atoms with E-state index in [-0.39, 0.29) is 11.5 Å². The van der Waals surface area contributed by atoms with Crippen molar-refractivity contribution in [1.82, 2.24) is 19.9 Å². The van der Waals surface area contributed by atoms with E-state index in [2.05, 4.69) is 29.1 Å². The molecule has 0 saturated carbocycles. The Morgan fingerprint density at radius 1 is 1.22 bits per heavy atom. The van der Waals surface area contributed by atoms with Gasteiger partial charge in [-0.25, -0.2) is 4.68 Å². The van der Waals surface area contributed by atoms with Gasteiger partial charge in [0.2, 0.25) is 0 Å². The van der Waals surface area contributed by atoms with Gasteiger partial charge < -0.3 is 5.11 Å². The number of nitrogens with zero attached hydrogens (tertiary/aromatic N) is 4. The van der Waals surface area contributed by atoms with Crippen LogP contribution in [-0.4, -0.2) is 44.7 Å². The Kier molecular flexibility index (Phi) is 4.78. The minimum absolute atomic E-state index is 0.123. The zero-order chi connectivity index (χ0) is 16.3. The SMILES string of the molecule is CCC1(CO)CCN(C(C)c2cn(-c3ccccc3)nn2)CC1. The number of aliphatic hydroxyl groups excluding tert-OH is 1. The lowest BCUT2D eigenvalue weighted by molar-refractivity contribution is 0.0264. The summed E-state index contributed by atoms with van der Waals surface area (Å²) in [6.07, 6.45) is 5.18. The van der Waals surface area contributed by atoms with Gasteiger partial charge in [-0.05, 0) is 56.8 Å². The third-order valence-electron chi connectivity index (χ3n) is 5.45. The lowest BCUT2D eigenvalue weighted by atomic mass is 9.76. The molecule has 1 aromatic carbocycles. The van der Waals surface area contributed by atoms with E-state index >= 15 is 0 Å². The van der Waals surface area contributed by atoms with Crippen LogP contribution in [0.1, 0.15) is 44.8 Å². The third-order valence-corrected chi connectivity index (χ3v) is 5.45. The minimum atomic E-state index is 0.123. The molecule has 2 aromatic rings. The van der Waals surface area contributed by atoms with Gasteiger partial charge in [-0.3, -0.25) is 4.90 Å². The second-order valence-corrected chi connectivity index (χ2v) is 6.65. The summed E-state index contributed by atoms with van der Waals surface area (Å²) in [6.45, 7) is 6.69. The van der Waals surface area contributed by atoms with Crippen LogP contribution >= 0.6 is 0 Å². The monoisotopic (exact) mass is 314 g/mol. The lowest BCUT2D eigenvalue weighted by Gasteiger charge is -2.42. The van der Waals surface area contributed by atoms with Crippen LogP contribution in [0.15, 0.2) is 36.5 Å². The number of benzene rings is 1. The highest BCUT2D eigenvalue weighted by Crippen LogP contribution is 2.36. The molecule has 1 atom stereocenters. The van der Waals surface area contributed by atoms with Crippen LogP contribution in [0, 0.1) is 5.41 Å². The summed E-state index contributed by atoms with van der Waals surface area (Å²) in [5, 5.41) is 18.3. The average molecular weight is 314 g/mol. The van der Waals surface area contributed by atoms with E-state index in [1.165, 1.54) is 0 Å². The molecule has 1 saturated heterocycles. The molecular formula is C18H26N4O. The summed E-state index contributed by atoms with van der Waals surface area (Å²) in [5.74, 6) is 0. The van der Waals surface area contributed by atoms with Crippen molar-refractivity contribution in [2.75, 3.05) is 19.7 Å². The smallest absolute Gasteiger partial charge is 0.1000 e. The van der Waals surface area contributed by atoms with Crippen molar-refractivity contribution in [1.29, 1.82) is 0 Å². The molecule has 1 fully saturated rings. The van der Waals surface area contributed by atoms with Crippen LogP contribution in [0.25, 0.3) is 5.69 Å². The first-order chi connectivity index (χ1) is 11.2. The predicted molar refractivity (Wildman–Crippen MR) is 90.4 cm³/mol. The van der Waals surface area contributed by atoms with Crippen molar-refractivity contribution in [3.63, 3.8) is 0 Å². The number of aromatic nitrogens is 3. The summed E-state index contributed by atoms with van der Waals surface area (Å²) in [6, 6.07) is 10.3. The molecule has 1 aromatic heterocycles. The van der Waals surface area contributed by atoms with Gasteiger partial charge in [0.1, 0.15) is 0 Å². The number of hydrogen-bond acceptors (Lipinski definition) is 4. The van der Waals surface area contributed by atoms with Gasteiger partial charge in [0.25, 0.3) is 0 Å². The molecule has 0 amide bonds. The normalized spacial score (nSPS) is 19.6. The van der Waals surface area contributed by atoms with Crippen molar-refractivity contribution >= 4 is 0 Å². The van der Waals surface area contributed by atoms with Gasteiger partial charge in [-0.15, -0.1) is 5.10 Å². The van der Waals surface area contributed by atoms with Gasteiger partial charge in [0, 0.05) is 6.61 Å². The van der Waals surface area contributed by atoms with Crippen molar-refractivity contribution in [2.45, 2.75) is 39.2 Å². The second kappa shape index (κ2) is 6.81. The van der Waals surface area contributed by atoms with Gasteiger partial charge in [0.15, 0.2) is 0 Å². The quantitative estimate of drug-likeness (QED) is 0.922. The number of para-hydroxylation sites is 1. The van der Waals surface area contributed by atoms with E-state index in [1.807, 2.05) is 41.2 Å². The van der Waals surface area contributed by atoms with E-state index < -0.39 is 0 Å². The topological polar surface area (TPSA) is 54.2 Å². The molecule has 124 valence electrons. The van der Waals surface area contributed by atoms with Gasteiger partial charge >= 0.3 is 0 Å². The maximum atomic E-state index is 9.67. The zero-order valence-electron chi connectivity index (χ0n) is 14.0. The van der Waals surface area contributed by atoms with Crippen molar-refractivity contribution in [2.24, 2.45) is 5.41 Å². The van der Waals surface area contributed by atoms with Gasteiger partial charge in [0.05, 0.1) is 23.6 Å². The lowest BCUT2D eigenvalue weighted by Crippen LogP contribution is -2.42. The molecule has 2 heterocycles. The molecule has 3 rings (SSSR count). The molecular weight excluding hydrogens is 288 g/mol. The number of aliphatic hydroxyl groups is 1. The Labute approximate surface area is 137 Å². The maximum Gasteiger partial charge on any atom is 0.1000 e. The fourth-order valence-electron chi connectivity index (χ4n) is 3.37. The van der Waals surface area contributed by atoms with Gasteiger partial charge in [-0.1, -0.05) is 30.3 Å². The van der Waals surface area contributed by atoms with Crippen LogP contribution in [-0.2, 0) is 0 Å². The van der Waals surface area contributed by atoms with Crippen molar-refractivity contribution in [3.05, 3.63) is 42.2 Å². The number of piperidine rings is 1. The molecule has 0 radical (unpaired) electrons. The molecule has 1 N–H and O–H groups in total. The van der Waals surface area contributed by atoms with Crippen LogP contribution < -0.4 is 0 Å². The van der Waals surface area contributed by atoms with Crippen molar-refractivity contribution in [3.8, 4) is 5.69 Å². The first-order valence-electron chi connectivity index (χ1n) is 8.50. The minimum Gasteiger partial charge on any atom is -0.396 e. The van der Waals surface area contributed by atoms with E-state index in [0.29, 0.717) is 6.61 Å². The Morgan fingerprint density at radius 3 is 2.52 bits per heavy atom. The fourth-order valence-corrected chi connectivity index (χ4v) is 3.37. The molecule has 23 heavy (non-hydrogen) atoms. The molecule has 1 unspecified atom stereocenters. The third kappa shape index (κ3) is 3.31. The molecule has 1 aliphatic heterocycles. The van der Waals surface area contributed by atoms with Crippen molar-refractivity contribution < 1.29 is 5.11 Å². The molecule has 0 bridgehead atoms. The summed E-state index contributed by atoms with van der Waals surface area (Å²) in [7, 11) is 0. The van der Waals surface area contributed by atoms with Crippen LogP contribution in [0.5, 0.6) is 0 Å². The highest BCUT2D eigenvalue weighted by atomic mass is 16.3. The Bertz CT molecular complexity index is 611. The largest absolute Gasteiger partial charge is 0.396 e. The van der Waals surface area contributed by atoms with Crippen LogP contribution in [0.2, 0.25) is 0 Å². The number of likely N-dealkylation sites (tertiary alicyclic amines) is 1. The molecule has 0 aliphatic carbocycles. The van der Waals surface area contributed by atoms with Gasteiger partial charge in [-0.2, -0.15) is 0 Å². The van der Waals surface area contributed by atoms with E-state index in [1.54, 1.807) is 0 Å². The van der Waals surface area contributed by atoms with Crippen LogP contribution in [0.3, 0.4) is 0 Å². The summed E-state index contributed by atoms with van der Waals surface area (Å²) < 4.78 is 1.83. The Balaban J connectivity index is 1.68. The molecule has 0 spiro atoms. The zero-order valence-corrected chi connectivity index (χ0v) is 14.0. The van der Waals surface area contributed by atoms with Crippen LogP contribution in [0.4, 0.5) is 0 Å². The summed E-state index contributed by atoms with van der Waals surface area (Å²) in [5.41, 5.74) is 2.15. The second-order valence-electron chi connectivity index (χ2n) is 6.65. The predicted octanol–water partition coefficient (Wildman–Crippen LogP) is 2.81. The molecule has 5 heteroatoms. The Hall–Kier alpha value is -1.72. The molecule has 1 aliphatic rings.